The second kappa shape index (κ2) is 3.15. The van der Waals surface area contributed by atoms with Gasteiger partial charge >= 0.3 is 69.8 Å². The third-order valence-corrected chi connectivity index (χ3v) is 1.02. The van der Waals surface area contributed by atoms with Crippen LogP contribution in [0.5, 0.6) is 0 Å². The summed E-state index contributed by atoms with van der Waals surface area (Å²) < 4.78 is 2.04. The Morgan fingerprint density at radius 2 is 1.88 bits per heavy atom. The van der Waals surface area contributed by atoms with Crippen molar-refractivity contribution in [2.45, 2.75) is 3.79 Å². The molecule has 0 aromatic heterocycles. The number of carbonyl (C=O) groups excluding carboxylic acids is 1. The molecule has 0 bridgehead atoms. The molecule has 0 unspecified atom stereocenters. The van der Waals surface area contributed by atoms with Gasteiger partial charge in [0, 0.05) is 0 Å². The predicted octanol–water partition coefficient (Wildman–Crippen LogP) is 0.983. The first-order chi connectivity index (χ1) is 3.48. The molecule has 0 spiro atoms. The summed E-state index contributed by atoms with van der Waals surface area (Å²) in [6.07, 6.45) is 0. The molecule has 6 heteroatoms. The summed E-state index contributed by atoms with van der Waals surface area (Å²) in [5.74, 6) is -0.910. The third kappa shape index (κ3) is 3.01. The number of alkyl halides is 3. The van der Waals surface area contributed by atoms with Crippen LogP contribution in [0, 0.1) is 0 Å². The van der Waals surface area contributed by atoms with Gasteiger partial charge in [0.1, 0.15) is 0 Å². The minimum absolute atomic E-state index is 0.910. The topological polar surface area (TPSA) is 26.3 Å². The Labute approximate surface area is 69.8 Å². The summed E-state index contributed by atoms with van der Waals surface area (Å²) in [6.45, 7) is 0. The summed E-state index contributed by atoms with van der Waals surface area (Å²) in [7, 11) is 0. The summed E-state index contributed by atoms with van der Waals surface area (Å²) in [6, 6.07) is 0. The fraction of sp³-hybridized carbons (Fsp3) is 0.500. The van der Waals surface area contributed by atoms with E-state index in [4.69, 9.17) is 34.8 Å². The van der Waals surface area contributed by atoms with Gasteiger partial charge < -0.3 is 0 Å². The summed E-state index contributed by atoms with van der Waals surface area (Å²) in [4.78, 5) is 10.2. The second-order valence-corrected chi connectivity index (χ2v) is 3.42. The van der Waals surface area contributed by atoms with Gasteiger partial charge in [0.25, 0.3) is 0 Å². The molecule has 0 aliphatic heterocycles. The average molecular weight is 189 g/mol. The van der Waals surface area contributed by atoms with Crippen LogP contribution in [0.2, 0.25) is 0 Å². The SMILES string of the molecule is O=C([O][Al+2])C(Cl)(Cl)Cl. The zero-order valence-corrected chi connectivity index (χ0v) is 6.95. The van der Waals surface area contributed by atoms with Crippen molar-refractivity contribution >= 4 is 57.4 Å². The fourth-order valence-electron chi connectivity index (χ4n) is 0.0668. The zero-order valence-electron chi connectivity index (χ0n) is 3.53. The minimum atomic E-state index is -1.96. The molecule has 0 aliphatic rings. The van der Waals surface area contributed by atoms with Crippen molar-refractivity contribution in [2.24, 2.45) is 0 Å². The molecule has 0 radical (unpaired) electrons. The first-order valence-electron chi connectivity index (χ1n) is 1.46. The molecule has 0 rings (SSSR count). The van der Waals surface area contributed by atoms with Crippen LogP contribution in [-0.4, -0.2) is 26.4 Å². The monoisotopic (exact) mass is 188 g/mol. The molecule has 0 aromatic carbocycles. The van der Waals surface area contributed by atoms with Crippen molar-refractivity contribution in [1.29, 1.82) is 0 Å². The van der Waals surface area contributed by atoms with E-state index in [1.165, 1.54) is 0 Å². The van der Waals surface area contributed by atoms with Gasteiger partial charge in [-0.2, -0.15) is 0 Å². The van der Waals surface area contributed by atoms with Crippen molar-refractivity contribution in [1.82, 2.24) is 0 Å². The van der Waals surface area contributed by atoms with Crippen LogP contribution < -0.4 is 0 Å². The van der Waals surface area contributed by atoms with Gasteiger partial charge in [-0.15, -0.1) is 0 Å². The van der Waals surface area contributed by atoms with Gasteiger partial charge in [0.2, 0.25) is 0 Å². The summed E-state index contributed by atoms with van der Waals surface area (Å²) >= 11 is 16.8. The van der Waals surface area contributed by atoms with E-state index in [1.807, 2.05) is 0 Å². The number of hydrogen-bond donors (Lipinski definition) is 0. The van der Waals surface area contributed by atoms with E-state index in [0.717, 1.165) is 0 Å². The van der Waals surface area contributed by atoms with Gasteiger partial charge in [-0.1, -0.05) is 0 Å². The normalized spacial score (nSPS) is 11.1. The zero-order chi connectivity index (χ0) is 6.78. The number of halogens is 3. The number of carbonyl (C=O) groups is 1. The number of hydrogen-bond acceptors (Lipinski definition) is 2. The Hall–Kier alpha value is 0.872. The van der Waals surface area contributed by atoms with Crippen LogP contribution in [0.15, 0.2) is 0 Å². The third-order valence-electron chi connectivity index (χ3n) is 0.338. The maximum atomic E-state index is 10.2. The Morgan fingerprint density at radius 3 is 1.88 bits per heavy atom. The van der Waals surface area contributed by atoms with E-state index in [9.17, 15) is 4.79 Å². The molecule has 0 amide bonds. The second-order valence-electron chi connectivity index (χ2n) is 0.903. The fourth-order valence-corrected chi connectivity index (χ4v) is 0.601. The van der Waals surface area contributed by atoms with Crippen LogP contribution in [0.25, 0.3) is 0 Å². The Bertz CT molecular complexity index is 97.9. The first kappa shape index (κ1) is 8.87. The average Bonchev–Trinajstić information content (AvgIpc) is 1.62. The van der Waals surface area contributed by atoms with Crippen molar-refractivity contribution in [3.8, 4) is 0 Å². The molecule has 0 fully saturated rings. The van der Waals surface area contributed by atoms with Gasteiger partial charge in [-0.3, -0.25) is 0 Å². The van der Waals surface area contributed by atoms with E-state index in [0.29, 0.717) is 0 Å². The molecule has 0 aliphatic carbocycles. The Balaban J connectivity index is 3.82. The van der Waals surface area contributed by atoms with Gasteiger partial charge in [-0.25, -0.2) is 0 Å². The van der Waals surface area contributed by atoms with E-state index >= 15 is 0 Å². The van der Waals surface area contributed by atoms with E-state index < -0.39 is 9.76 Å². The van der Waals surface area contributed by atoms with E-state index in [2.05, 4.69) is 3.79 Å². The van der Waals surface area contributed by atoms with Crippen LogP contribution in [0.1, 0.15) is 0 Å². The quantitative estimate of drug-likeness (QED) is 0.419. The molecule has 0 heterocycles. The molecule has 0 aromatic rings. The Kier molecular flexibility index (Phi) is 3.49. The van der Waals surface area contributed by atoms with Crippen LogP contribution in [-0.2, 0) is 8.58 Å². The molecule has 0 saturated heterocycles. The van der Waals surface area contributed by atoms with E-state index in [1.54, 1.807) is 16.6 Å². The standard InChI is InChI=1S/C2HCl3O2.Al/c3-2(4,5)1(6)7;/h(H,6,7);/q;+3/p-1. The molecule has 2 nitrogen and oxygen atoms in total. The Morgan fingerprint density at radius 1 is 1.50 bits per heavy atom. The molecule has 0 saturated carbocycles. The molecular weight excluding hydrogens is 189 g/mol. The van der Waals surface area contributed by atoms with E-state index in [-0.39, 0.29) is 0 Å². The first-order valence-corrected chi connectivity index (χ1v) is 3.07. The van der Waals surface area contributed by atoms with Crippen molar-refractivity contribution in [2.75, 3.05) is 0 Å². The van der Waals surface area contributed by atoms with Crippen molar-refractivity contribution in [3.63, 3.8) is 0 Å². The molecule has 8 heavy (non-hydrogen) atoms. The number of rotatable bonds is 0. The predicted molar refractivity (Wildman–Crippen MR) is 32.1 cm³/mol. The van der Waals surface area contributed by atoms with Gasteiger partial charge in [0.05, 0.1) is 0 Å². The van der Waals surface area contributed by atoms with Gasteiger partial charge in [0.15, 0.2) is 0 Å². The maximum absolute atomic E-state index is 10.2. The van der Waals surface area contributed by atoms with Gasteiger partial charge in [-0.05, 0) is 0 Å². The molecule has 0 N–H and O–H groups in total. The molecule has 0 atom stereocenters. The van der Waals surface area contributed by atoms with Crippen LogP contribution in [0.4, 0.5) is 0 Å². The molecular formula is C2AlCl3O2+2. The summed E-state index contributed by atoms with van der Waals surface area (Å²) in [5.41, 5.74) is 0. The van der Waals surface area contributed by atoms with Crippen LogP contribution >= 0.6 is 34.8 Å². The van der Waals surface area contributed by atoms with Crippen molar-refractivity contribution < 1.29 is 8.58 Å². The van der Waals surface area contributed by atoms with Crippen LogP contribution in [0.3, 0.4) is 0 Å². The molecule has 42 valence electrons. The van der Waals surface area contributed by atoms with Crippen molar-refractivity contribution in [3.05, 3.63) is 0 Å². The summed E-state index contributed by atoms with van der Waals surface area (Å²) in [5, 5.41) is 0.